The molecule has 6 nitrogen and oxygen atoms in total. The predicted octanol–water partition coefficient (Wildman–Crippen LogP) is 1.58. The van der Waals surface area contributed by atoms with Gasteiger partial charge in [0.05, 0.1) is 11.9 Å². The quantitative estimate of drug-likeness (QED) is 0.817. The molecule has 2 aromatic heterocycles. The van der Waals surface area contributed by atoms with Gasteiger partial charge in [-0.25, -0.2) is 9.97 Å². The lowest BCUT2D eigenvalue weighted by Gasteiger charge is -2.04. The third-order valence-corrected chi connectivity index (χ3v) is 2.09. The fourth-order valence-electron chi connectivity index (χ4n) is 1.27. The third kappa shape index (κ3) is 2.28. The lowest BCUT2D eigenvalue weighted by atomic mass is 10.4. The lowest BCUT2D eigenvalue weighted by molar-refractivity contribution is 0.532. The molecule has 3 N–H and O–H groups in total. The zero-order valence-electron chi connectivity index (χ0n) is 9.25. The first-order valence-corrected chi connectivity index (χ1v) is 5.04. The van der Waals surface area contributed by atoms with Crippen molar-refractivity contribution >= 4 is 17.3 Å². The SMILES string of the molecule is CC(C)n1cc(Nc2cc(N)ncn2)cn1. The first-order valence-electron chi connectivity index (χ1n) is 5.04. The van der Waals surface area contributed by atoms with Crippen LogP contribution in [0.5, 0.6) is 0 Å². The molecular weight excluding hydrogens is 204 g/mol. The van der Waals surface area contributed by atoms with Gasteiger partial charge in [0.1, 0.15) is 18.0 Å². The van der Waals surface area contributed by atoms with Crippen molar-refractivity contribution in [2.75, 3.05) is 11.1 Å². The summed E-state index contributed by atoms with van der Waals surface area (Å²) in [7, 11) is 0. The Morgan fingerprint density at radius 3 is 2.81 bits per heavy atom. The van der Waals surface area contributed by atoms with Crippen LogP contribution in [0.3, 0.4) is 0 Å². The van der Waals surface area contributed by atoms with Crippen LogP contribution in [0.1, 0.15) is 19.9 Å². The van der Waals surface area contributed by atoms with E-state index >= 15 is 0 Å². The third-order valence-electron chi connectivity index (χ3n) is 2.09. The number of hydrogen-bond acceptors (Lipinski definition) is 5. The highest BCUT2D eigenvalue weighted by Gasteiger charge is 2.02. The molecule has 2 aromatic rings. The van der Waals surface area contributed by atoms with Crippen LogP contribution in [0.15, 0.2) is 24.8 Å². The van der Waals surface area contributed by atoms with Crippen LogP contribution < -0.4 is 11.1 Å². The standard InChI is InChI=1S/C10H14N6/c1-7(2)16-5-8(4-14-16)15-10-3-9(11)12-6-13-10/h3-7H,1-2H3,(H3,11,12,13,15). The van der Waals surface area contributed by atoms with E-state index in [9.17, 15) is 0 Å². The molecule has 0 spiro atoms. The summed E-state index contributed by atoms with van der Waals surface area (Å²) in [5.41, 5.74) is 6.44. The highest BCUT2D eigenvalue weighted by Crippen LogP contribution is 2.15. The summed E-state index contributed by atoms with van der Waals surface area (Å²) in [6.07, 6.45) is 5.09. The number of rotatable bonds is 3. The van der Waals surface area contributed by atoms with E-state index in [0.717, 1.165) is 5.69 Å². The lowest BCUT2D eigenvalue weighted by Crippen LogP contribution is -2.00. The van der Waals surface area contributed by atoms with Crippen molar-refractivity contribution in [2.45, 2.75) is 19.9 Å². The summed E-state index contributed by atoms with van der Waals surface area (Å²) in [4.78, 5) is 7.87. The van der Waals surface area contributed by atoms with Crippen LogP contribution in [0, 0.1) is 0 Å². The Bertz CT molecular complexity index is 476. The fraction of sp³-hybridized carbons (Fsp3) is 0.300. The van der Waals surface area contributed by atoms with Crippen molar-refractivity contribution in [2.24, 2.45) is 0 Å². The summed E-state index contributed by atoms with van der Waals surface area (Å²) in [6.45, 7) is 4.14. The molecule has 0 fully saturated rings. The van der Waals surface area contributed by atoms with Crippen LogP contribution in [-0.4, -0.2) is 19.7 Å². The van der Waals surface area contributed by atoms with Crippen LogP contribution in [-0.2, 0) is 0 Å². The van der Waals surface area contributed by atoms with E-state index in [1.54, 1.807) is 12.3 Å². The number of nitrogens with two attached hydrogens (primary N) is 1. The van der Waals surface area contributed by atoms with E-state index in [4.69, 9.17) is 5.73 Å². The van der Waals surface area contributed by atoms with Gasteiger partial charge in [-0.05, 0) is 13.8 Å². The number of aromatic nitrogens is 4. The second kappa shape index (κ2) is 4.18. The zero-order chi connectivity index (χ0) is 11.5. The van der Waals surface area contributed by atoms with Crippen molar-refractivity contribution in [3.05, 3.63) is 24.8 Å². The minimum atomic E-state index is 0.339. The van der Waals surface area contributed by atoms with Gasteiger partial charge in [-0.1, -0.05) is 0 Å². The molecule has 0 saturated carbocycles. The van der Waals surface area contributed by atoms with Crippen molar-refractivity contribution in [1.29, 1.82) is 0 Å². The monoisotopic (exact) mass is 218 g/mol. The minimum Gasteiger partial charge on any atom is -0.384 e. The van der Waals surface area contributed by atoms with E-state index in [-0.39, 0.29) is 0 Å². The topological polar surface area (TPSA) is 81.7 Å². The van der Waals surface area contributed by atoms with Crippen LogP contribution in [0.25, 0.3) is 0 Å². The first-order chi connectivity index (χ1) is 7.65. The molecule has 2 heterocycles. The Morgan fingerprint density at radius 2 is 2.19 bits per heavy atom. The molecule has 0 atom stereocenters. The van der Waals surface area contributed by atoms with Gasteiger partial charge in [-0.15, -0.1) is 0 Å². The maximum atomic E-state index is 5.55. The molecular formula is C10H14N6. The summed E-state index contributed by atoms with van der Waals surface area (Å²) in [5, 5.41) is 7.32. The van der Waals surface area contributed by atoms with E-state index in [2.05, 4.69) is 34.2 Å². The zero-order valence-corrected chi connectivity index (χ0v) is 9.25. The molecule has 0 radical (unpaired) electrons. The first kappa shape index (κ1) is 10.4. The number of hydrogen-bond donors (Lipinski definition) is 2. The molecule has 0 saturated heterocycles. The Labute approximate surface area is 93.5 Å². The van der Waals surface area contributed by atoms with E-state index in [1.807, 2.05) is 10.9 Å². The Kier molecular flexibility index (Phi) is 2.72. The maximum absolute atomic E-state index is 5.55. The van der Waals surface area contributed by atoms with Crippen molar-refractivity contribution in [3.63, 3.8) is 0 Å². The van der Waals surface area contributed by atoms with Gasteiger partial charge in [0, 0.05) is 18.3 Å². The molecule has 0 bridgehead atoms. The van der Waals surface area contributed by atoms with Gasteiger partial charge in [-0.2, -0.15) is 5.10 Å². The van der Waals surface area contributed by atoms with Crippen LogP contribution >= 0.6 is 0 Å². The van der Waals surface area contributed by atoms with Gasteiger partial charge in [-0.3, -0.25) is 4.68 Å². The normalized spacial score (nSPS) is 10.7. The summed E-state index contributed by atoms with van der Waals surface area (Å²) >= 11 is 0. The molecule has 0 aromatic carbocycles. The summed E-state index contributed by atoms with van der Waals surface area (Å²) in [5.74, 6) is 1.10. The number of nitrogens with one attached hydrogen (secondary N) is 1. The average molecular weight is 218 g/mol. The molecule has 84 valence electrons. The number of nitrogens with zero attached hydrogens (tertiary/aromatic N) is 4. The predicted molar refractivity (Wildman–Crippen MR) is 62.3 cm³/mol. The van der Waals surface area contributed by atoms with Crippen LogP contribution in [0.4, 0.5) is 17.3 Å². The van der Waals surface area contributed by atoms with Crippen molar-refractivity contribution < 1.29 is 0 Å². The minimum absolute atomic E-state index is 0.339. The van der Waals surface area contributed by atoms with Gasteiger partial charge in [0.25, 0.3) is 0 Å². The molecule has 2 rings (SSSR count). The molecule has 0 amide bonds. The highest BCUT2D eigenvalue weighted by atomic mass is 15.3. The second-order valence-corrected chi connectivity index (χ2v) is 3.76. The van der Waals surface area contributed by atoms with Crippen molar-refractivity contribution in [1.82, 2.24) is 19.7 Å². The van der Waals surface area contributed by atoms with Crippen molar-refractivity contribution in [3.8, 4) is 0 Å². The fourth-order valence-corrected chi connectivity index (χ4v) is 1.27. The van der Waals surface area contributed by atoms with E-state index in [0.29, 0.717) is 17.7 Å². The smallest absolute Gasteiger partial charge is 0.135 e. The molecule has 0 aliphatic heterocycles. The Hall–Kier alpha value is -2.11. The largest absolute Gasteiger partial charge is 0.384 e. The van der Waals surface area contributed by atoms with Gasteiger partial charge in [0.2, 0.25) is 0 Å². The maximum Gasteiger partial charge on any atom is 0.135 e. The van der Waals surface area contributed by atoms with Gasteiger partial charge < -0.3 is 11.1 Å². The van der Waals surface area contributed by atoms with E-state index in [1.165, 1.54) is 6.33 Å². The molecule has 0 unspecified atom stereocenters. The van der Waals surface area contributed by atoms with Crippen LogP contribution in [0.2, 0.25) is 0 Å². The molecule has 16 heavy (non-hydrogen) atoms. The molecule has 0 aliphatic rings. The van der Waals surface area contributed by atoms with E-state index < -0.39 is 0 Å². The number of nitrogen functional groups attached to an aromatic ring is 1. The van der Waals surface area contributed by atoms with Gasteiger partial charge >= 0.3 is 0 Å². The molecule has 0 aliphatic carbocycles. The summed E-state index contributed by atoms with van der Waals surface area (Å²) < 4.78 is 1.87. The highest BCUT2D eigenvalue weighted by molar-refractivity contribution is 5.56. The van der Waals surface area contributed by atoms with Gasteiger partial charge in [0.15, 0.2) is 0 Å². The number of anilines is 3. The Balaban J connectivity index is 2.14. The second-order valence-electron chi connectivity index (χ2n) is 3.76. The Morgan fingerprint density at radius 1 is 1.38 bits per heavy atom. The summed E-state index contributed by atoms with van der Waals surface area (Å²) in [6, 6.07) is 2.01. The molecule has 6 heteroatoms. The average Bonchev–Trinajstić information content (AvgIpc) is 2.66.